The van der Waals surface area contributed by atoms with Gasteiger partial charge in [0.25, 0.3) is 0 Å². The lowest BCUT2D eigenvalue weighted by atomic mass is 9.98. The third-order valence-electron chi connectivity index (χ3n) is 9.47. The second-order valence-corrected chi connectivity index (χ2v) is 12.3. The van der Waals surface area contributed by atoms with Crippen LogP contribution in [0, 0.1) is 0 Å². The van der Waals surface area contributed by atoms with Gasteiger partial charge in [-0.2, -0.15) is 0 Å². The van der Waals surface area contributed by atoms with Crippen LogP contribution in [0.4, 0.5) is 0 Å². The highest BCUT2D eigenvalue weighted by Gasteiger charge is 2.17. The Hall–Kier alpha value is -5.28. The Morgan fingerprint density at radius 2 is 0.867 bits per heavy atom. The molecule has 6 aromatic carbocycles. The molecule has 9 aromatic rings. The van der Waals surface area contributed by atoms with Crippen LogP contribution in [0.1, 0.15) is 37.8 Å². The zero-order valence-electron chi connectivity index (χ0n) is 25.5. The molecule has 0 unspecified atom stereocenters. The molecular weight excluding hydrogens is 550 g/mol. The van der Waals surface area contributed by atoms with Crippen LogP contribution in [0.2, 0.25) is 0 Å². The Morgan fingerprint density at radius 1 is 0.444 bits per heavy atom. The van der Waals surface area contributed by atoms with Crippen molar-refractivity contribution in [2.24, 2.45) is 0 Å². The van der Waals surface area contributed by atoms with Crippen molar-refractivity contribution in [1.82, 2.24) is 4.98 Å². The van der Waals surface area contributed by atoms with E-state index in [2.05, 4.69) is 128 Å². The van der Waals surface area contributed by atoms with Crippen LogP contribution < -0.4 is 0 Å². The molecule has 0 fully saturated rings. The van der Waals surface area contributed by atoms with Crippen molar-refractivity contribution in [1.29, 1.82) is 0 Å². The van der Waals surface area contributed by atoms with Crippen molar-refractivity contribution in [3.8, 4) is 22.3 Å². The van der Waals surface area contributed by atoms with Crippen LogP contribution in [0.15, 0.2) is 118 Å². The number of furan rings is 2. The van der Waals surface area contributed by atoms with Gasteiger partial charge in [0.2, 0.25) is 0 Å². The SMILES string of the molecule is CCCc1cccc2c1oc1c(-c3ccc4[nH]c5ccc(-c6cccc7c6oc6c(CCC)cccc67)cc5c4c3)cccc12. The lowest BCUT2D eigenvalue weighted by molar-refractivity contribution is 0.662. The standard InChI is InChI=1S/C42H33NO2/c1-3-9-25-11-5-15-31-33-17-7-13-29(41(33)44-39(25)31)27-19-21-37-35(23-27)36-24-28(20-22-38(36)43-37)30-14-8-18-34-32-16-6-12-26(10-4-2)40(32)45-42(30)34/h5-8,11-24,43H,3-4,9-10H2,1-2H3. The fourth-order valence-electron chi connectivity index (χ4n) is 7.38. The van der Waals surface area contributed by atoms with Gasteiger partial charge in [-0.05, 0) is 59.4 Å². The van der Waals surface area contributed by atoms with Crippen LogP contribution >= 0.6 is 0 Å². The van der Waals surface area contributed by atoms with E-state index in [4.69, 9.17) is 8.83 Å². The lowest BCUT2D eigenvalue weighted by Gasteiger charge is -2.05. The molecule has 3 aromatic heterocycles. The van der Waals surface area contributed by atoms with E-state index >= 15 is 0 Å². The fraction of sp³-hybridized carbons (Fsp3) is 0.143. The molecule has 0 atom stereocenters. The summed E-state index contributed by atoms with van der Waals surface area (Å²) in [5, 5.41) is 7.12. The summed E-state index contributed by atoms with van der Waals surface area (Å²) in [5.74, 6) is 0. The molecule has 0 radical (unpaired) electrons. The Kier molecular flexibility index (Phi) is 5.89. The molecule has 0 aliphatic carbocycles. The quantitative estimate of drug-likeness (QED) is 0.212. The summed E-state index contributed by atoms with van der Waals surface area (Å²) in [6.07, 6.45) is 4.20. The molecule has 3 heteroatoms. The first-order valence-electron chi connectivity index (χ1n) is 16.1. The van der Waals surface area contributed by atoms with Gasteiger partial charge in [0.15, 0.2) is 0 Å². The van der Waals surface area contributed by atoms with Crippen molar-refractivity contribution in [3.63, 3.8) is 0 Å². The highest BCUT2D eigenvalue weighted by atomic mass is 16.3. The number of aromatic amines is 1. The monoisotopic (exact) mass is 583 g/mol. The molecule has 0 aliphatic rings. The number of aryl methyl sites for hydroxylation is 2. The van der Waals surface area contributed by atoms with Crippen LogP contribution in [-0.2, 0) is 12.8 Å². The van der Waals surface area contributed by atoms with Gasteiger partial charge in [0, 0.05) is 54.5 Å². The summed E-state index contributed by atoms with van der Waals surface area (Å²) < 4.78 is 13.3. The Morgan fingerprint density at radius 3 is 1.31 bits per heavy atom. The van der Waals surface area contributed by atoms with Gasteiger partial charge in [-0.25, -0.2) is 0 Å². The number of nitrogens with one attached hydrogen (secondary N) is 1. The minimum atomic E-state index is 0.954. The Bertz CT molecular complexity index is 2400. The van der Waals surface area contributed by atoms with Crippen molar-refractivity contribution >= 4 is 65.7 Å². The molecule has 3 heterocycles. The van der Waals surface area contributed by atoms with Gasteiger partial charge in [-0.3, -0.25) is 0 Å². The largest absolute Gasteiger partial charge is 0.455 e. The molecule has 0 spiro atoms. The van der Waals surface area contributed by atoms with Crippen LogP contribution in [0.25, 0.3) is 87.9 Å². The van der Waals surface area contributed by atoms with Crippen LogP contribution in [-0.4, -0.2) is 4.98 Å². The number of para-hydroxylation sites is 4. The fourth-order valence-corrected chi connectivity index (χ4v) is 7.38. The first kappa shape index (κ1) is 26.2. The van der Waals surface area contributed by atoms with Gasteiger partial charge < -0.3 is 13.8 Å². The van der Waals surface area contributed by atoms with Gasteiger partial charge in [0.1, 0.15) is 22.3 Å². The molecule has 3 nitrogen and oxygen atoms in total. The van der Waals surface area contributed by atoms with Crippen molar-refractivity contribution < 1.29 is 8.83 Å². The summed E-state index contributed by atoms with van der Waals surface area (Å²) in [6, 6.07) is 39.5. The topological polar surface area (TPSA) is 42.1 Å². The van der Waals surface area contributed by atoms with E-state index < -0.39 is 0 Å². The summed E-state index contributed by atoms with van der Waals surface area (Å²) in [4.78, 5) is 3.65. The zero-order chi connectivity index (χ0) is 30.1. The van der Waals surface area contributed by atoms with E-state index in [0.29, 0.717) is 0 Å². The van der Waals surface area contributed by atoms with Crippen molar-refractivity contribution in [2.75, 3.05) is 0 Å². The zero-order valence-corrected chi connectivity index (χ0v) is 25.5. The maximum atomic E-state index is 6.65. The van der Waals surface area contributed by atoms with E-state index in [-0.39, 0.29) is 0 Å². The highest BCUT2D eigenvalue weighted by molar-refractivity contribution is 6.14. The van der Waals surface area contributed by atoms with Gasteiger partial charge in [-0.15, -0.1) is 0 Å². The molecule has 0 saturated carbocycles. The van der Waals surface area contributed by atoms with E-state index in [1.54, 1.807) is 0 Å². The van der Waals surface area contributed by atoms with Gasteiger partial charge >= 0.3 is 0 Å². The lowest BCUT2D eigenvalue weighted by Crippen LogP contribution is -1.82. The van der Waals surface area contributed by atoms with Crippen molar-refractivity contribution in [2.45, 2.75) is 39.5 Å². The van der Waals surface area contributed by atoms with E-state index in [1.807, 2.05) is 0 Å². The number of fused-ring (bicyclic) bond motifs is 9. The predicted molar refractivity (Wildman–Crippen MR) is 189 cm³/mol. The molecule has 218 valence electrons. The second-order valence-electron chi connectivity index (χ2n) is 12.3. The van der Waals surface area contributed by atoms with Crippen molar-refractivity contribution in [3.05, 3.63) is 120 Å². The average Bonchev–Trinajstić information content (AvgIpc) is 3.76. The third-order valence-corrected chi connectivity index (χ3v) is 9.47. The first-order chi connectivity index (χ1) is 22.2. The van der Waals surface area contributed by atoms with Crippen LogP contribution in [0.5, 0.6) is 0 Å². The average molecular weight is 584 g/mol. The Labute approximate surface area is 261 Å². The highest BCUT2D eigenvalue weighted by Crippen LogP contribution is 2.41. The van der Waals surface area contributed by atoms with Crippen LogP contribution in [0.3, 0.4) is 0 Å². The summed E-state index contributed by atoms with van der Waals surface area (Å²) in [6.45, 7) is 4.43. The maximum absolute atomic E-state index is 6.65. The second kappa shape index (κ2) is 10.1. The van der Waals surface area contributed by atoms with Gasteiger partial charge in [-0.1, -0.05) is 112 Å². The molecule has 0 bridgehead atoms. The molecule has 0 saturated heterocycles. The molecule has 0 amide bonds. The minimum absolute atomic E-state index is 0.954. The summed E-state index contributed by atoms with van der Waals surface area (Å²) >= 11 is 0. The first-order valence-corrected chi connectivity index (χ1v) is 16.1. The third kappa shape index (κ3) is 3.97. The summed E-state index contributed by atoms with van der Waals surface area (Å²) in [5.41, 5.74) is 13.3. The number of benzene rings is 6. The van der Waals surface area contributed by atoms with E-state index in [9.17, 15) is 0 Å². The number of hydrogen-bond acceptors (Lipinski definition) is 2. The van der Waals surface area contributed by atoms with Gasteiger partial charge in [0.05, 0.1) is 0 Å². The normalized spacial score (nSPS) is 12.1. The van der Waals surface area contributed by atoms with E-state index in [0.717, 1.165) is 81.3 Å². The molecule has 0 aliphatic heterocycles. The number of hydrogen-bond donors (Lipinski definition) is 1. The maximum Gasteiger partial charge on any atom is 0.143 e. The molecule has 9 rings (SSSR count). The molecule has 45 heavy (non-hydrogen) atoms. The molecule has 1 N–H and O–H groups in total. The number of aromatic nitrogens is 1. The number of rotatable bonds is 6. The predicted octanol–water partition coefficient (Wildman–Crippen LogP) is 12.4. The number of H-pyrrole nitrogens is 1. The smallest absolute Gasteiger partial charge is 0.143 e. The van der Waals surface area contributed by atoms with E-state index in [1.165, 1.54) is 43.4 Å². The minimum Gasteiger partial charge on any atom is -0.455 e. The molecular formula is C42H33NO2. The summed E-state index contributed by atoms with van der Waals surface area (Å²) in [7, 11) is 0. The Balaban J connectivity index is 1.22.